The van der Waals surface area contributed by atoms with Crippen LogP contribution in [0.1, 0.15) is 11.3 Å². The molecule has 1 aromatic carbocycles. The number of carbonyl (C=O) groups is 1. The summed E-state index contributed by atoms with van der Waals surface area (Å²) in [6.07, 6.45) is 4.81. The Kier molecular flexibility index (Phi) is 4.97. The Morgan fingerprint density at radius 3 is 2.74 bits per heavy atom. The molecule has 0 atom stereocenters. The lowest BCUT2D eigenvalue weighted by Gasteiger charge is -2.19. The number of aromatic nitrogens is 1. The molecular formula is C21H11Cl2N5O2S. The molecule has 0 unspecified atom stereocenters. The van der Waals surface area contributed by atoms with Gasteiger partial charge in [0, 0.05) is 23.5 Å². The molecule has 0 saturated carbocycles. The lowest BCUT2D eigenvalue weighted by atomic mass is 10.1. The predicted octanol–water partition coefficient (Wildman–Crippen LogP) is 5.32. The van der Waals surface area contributed by atoms with Gasteiger partial charge in [-0.15, -0.1) is 0 Å². The molecule has 0 spiro atoms. The molecule has 1 N–H and O–H groups in total. The number of fused-ring (bicyclic) bond motifs is 1. The number of carbonyl (C=O) groups excluding carboxylic acids is 1. The number of nitrogens with one attached hydrogen (secondary N) is 1. The average Bonchev–Trinajstić information content (AvgIpc) is 3.41. The van der Waals surface area contributed by atoms with Crippen molar-refractivity contribution < 1.29 is 9.21 Å². The molecule has 0 fully saturated rings. The van der Waals surface area contributed by atoms with Crippen LogP contribution in [0.4, 0.5) is 0 Å². The highest BCUT2D eigenvalue weighted by molar-refractivity contribution is 8.27. The maximum atomic E-state index is 12.6. The fourth-order valence-corrected chi connectivity index (χ4v) is 4.15. The number of thioether (sulfide) groups is 1. The lowest BCUT2D eigenvalue weighted by Crippen LogP contribution is -2.35. The Balaban J connectivity index is 1.45. The van der Waals surface area contributed by atoms with E-state index in [1.807, 2.05) is 6.07 Å². The van der Waals surface area contributed by atoms with Crippen molar-refractivity contribution in [1.29, 1.82) is 5.41 Å². The van der Waals surface area contributed by atoms with Crippen molar-refractivity contribution in [3.05, 3.63) is 81.8 Å². The van der Waals surface area contributed by atoms with Crippen molar-refractivity contribution in [3.8, 4) is 11.3 Å². The summed E-state index contributed by atoms with van der Waals surface area (Å²) in [6, 6.07) is 12.3. The highest BCUT2D eigenvalue weighted by Gasteiger charge is 2.36. The number of furan rings is 1. The van der Waals surface area contributed by atoms with Crippen LogP contribution in [0.15, 0.2) is 74.9 Å². The van der Waals surface area contributed by atoms with Gasteiger partial charge in [-0.05, 0) is 60.3 Å². The predicted molar refractivity (Wildman–Crippen MR) is 123 cm³/mol. The first kappa shape index (κ1) is 19.7. The normalized spacial score (nSPS) is 17.1. The molecule has 0 saturated heterocycles. The molecule has 7 nitrogen and oxygen atoms in total. The highest BCUT2D eigenvalue weighted by atomic mass is 35.5. The number of amidine groups is 2. The van der Waals surface area contributed by atoms with Crippen LogP contribution < -0.4 is 0 Å². The second-order valence-corrected chi connectivity index (χ2v) is 8.27. The molecule has 2 aliphatic rings. The van der Waals surface area contributed by atoms with Crippen molar-refractivity contribution in [3.63, 3.8) is 0 Å². The van der Waals surface area contributed by atoms with E-state index in [1.165, 1.54) is 22.8 Å². The zero-order valence-corrected chi connectivity index (χ0v) is 17.9. The number of amides is 1. The molecule has 152 valence electrons. The maximum Gasteiger partial charge on any atom is 0.283 e. The van der Waals surface area contributed by atoms with Crippen LogP contribution in [0.25, 0.3) is 17.4 Å². The van der Waals surface area contributed by atoms with Crippen LogP contribution >= 0.6 is 35.0 Å². The first-order valence-corrected chi connectivity index (χ1v) is 10.5. The molecule has 0 bridgehead atoms. The summed E-state index contributed by atoms with van der Waals surface area (Å²) in [6.45, 7) is 0. The molecule has 31 heavy (non-hydrogen) atoms. The van der Waals surface area contributed by atoms with Gasteiger partial charge >= 0.3 is 0 Å². The Morgan fingerprint density at radius 2 is 1.97 bits per heavy atom. The van der Waals surface area contributed by atoms with Crippen LogP contribution in [0.2, 0.25) is 10.0 Å². The van der Waals surface area contributed by atoms with E-state index in [-0.39, 0.29) is 11.4 Å². The molecule has 2 aliphatic heterocycles. The van der Waals surface area contributed by atoms with Gasteiger partial charge in [-0.2, -0.15) is 15.1 Å². The fourth-order valence-electron chi connectivity index (χ4n) is 2.98. The van der Waals surface area contributed by atoms with E-state index in [2.05, 4.69) is 15.1 Å². The third-order valence-electron chi connectivity index (χ3n) is 4.48. The van der Waals surface area contributed by atoms with E-state index in [4.69, 9.17) is 33.0 Å². The summed E-state index contributed by atoms with van der Waals surface area (Å²) in [5.41, 5.74) is 1.61. The molecule has 4 heterocycles. The summed E-state index contributed by atoms with van der Waals surface area (Å²) >= 11 is 13.3. The molecule has 0 aliphatic carbocycles. The van der Waals surface area contributed by atoms with Gasteiger partial charge in [0.2, 0.25) is 5.17 Å². The molecule has 0 radical (unpaired) electrons. The molecule has 10 heteroatoms. The van der Waals surface area contributed by atoms with E-state index in [0.717, 1.165) is 11.1 Å². The molecule has 5 rings (SSSR count). The number of pyridine rings is 1. The van der Waals surface area contributed by atoms with Crippen LogP contribution in [0.5, 0.6) is 0 Å². The highest BCUT2D eigenvalue weighted by Crippen LogP contribution is 2.32. The summed E-state index contributed by atoms with van der Waals surface area (Å²) in [7, 11) is 0. The first-order chi connectivity index (χ1) is 15.0. The van der Waals surface area contributed by atoms with Gasteiger partial charge < -0.3 is 4.42 Å². The number of nitrogens with zero attached hydrogens (tertiary/aromatic N) is 4. The monoisotopic (exact) mass is 467 g/mol. The Morgan fingerprint density at radius 1 is 1.10 bits per heavy atom. The topological polar surface area (TPSA) is 94.9 Å². The van der Waals surface area contributed by atoms with E-state index in [1.54, 1.807) is 48.8 Å². The number of hydrazone groups is 1. The second-order valence-electron chi connectivity index (χ2n) is 6.50. The molecule has 2 aromatic heterocycles. The number of halogens is 2. The zero-order valence-electron chi connectivity index (χ0n) is 15.5. The summed E-state index contributed by atoms with van der Waals surface area (Å²) in [5.74, 6) is 0.349. The largest absolute Gasteiger partial charge is 0.457 e. The average molecular weight is 468 g/mol. The summed E-state index contributed by atoms with van der Waals surface area (Å²) in [4.78, 5) is 20.7. The van der Waals surface area contributed by atoms with Crippen molar-refractivity contribution in [2.45, 2.75) is 0 Å². The molecule has 3 aromatic rings. The minimum Gasteiger partial charge on any atom is -0.457 e. The Labute approximate surface area is 190 Å². The van der Waals surface area contributed by atoms with Gasteiger partial charge in [-0.3, -0.25) is 15.2 Å². The van der Waals surface area contributed by atoms with Gasteiger partial charge in [-0.25, -0.2) is 0 Å². The zero-order chi connectivity index (χ0) is 21.5. The van der Waals surface area contributed by atoms with E-state index in [0.29, 0.717) is 31.8 Å². The third-order valence-corrected chi connectivity index (χ3v) is 6.18. The SMILES string of the molecule is N=C1/C(=C\c2ccc(-c3ccc(Cl)c(Cl)c3)o2)C(=O)N=C2SC(c3cccnc3)=NN12. The number of aliphatic imine (C=N–C) groups is 1. The van der Waals surface area contributed by atoms with Gasteiger partial charge in [0.25, 0.3) is 5.91 Å². The number of hydrogen-bond acceptors (Lipinski definition) is 6. The van der Waals surface area contributed by atoms with E-state index in [9.17, 15) is 4.79 Å². The maximum absolute atomic E-state index is 12.6. The smallest absolute Gasteiger partial charge is 0.283 e. The van der Waals surface area contributed by atoms with Crippen LogP contribution in [-0.2, 0) is 4.79 Å². The number of rotatable bonds is 3. The third kappa shape index (κ3) is 3.69. The van der Waals surface area contributed by atoms with Crippen molar-refractivity contribution in [1.82, 2.24) is 9.99 Å². The van der Waals surface area contributed by atoms with Crippen molar-refractivity contribution in [2.75, 3.05) is 0 Å². The first-order valence-electron chi connectivity index (χ1n) is 8.95. The second kappa shape index (κ2) is 7.81. The summed E-state index contributed by atoms with van der Waals surface area (Å²) in [5, 5.41) is 16.0. The molecular weight excluding hydrogens is 457 g/mol. The standard InChI is InChI=1S/C21H11Cl2N5O2S/c22-15-5-3-11(8-16(15)23)17-6-4-13(30-17)9-14-18(24)28-21(26-19(14)29)31-20(27-28)12-2-1-7-25-10-12/h1-10,24H/b14-9+,24-18?. The van der Waals surface area contributed by atoms with E-state index < -0.39 is 5.91 Å². The number of benzene rings is 1. The lowest BCUT2D eigenvalue weighted by molar-refractivity contribution is -0.114. The van der Waals surface area contributed by atoms with Crippen molar-refractivity contribution in [2.24, 2.45) is 10.1 Å². The van der Waals surface area contributed by atoms with Gasteiger partial charge in [0.05, 0.1) is 15.6 Å². The minimum absolute atomic E-state index is 0.0751. The Bertz CT molecular complexity index is 1330. The molecule has 1 amide bonds. The van der Waals surface area contributed by atoms with Crippen LogP contribution in [0, 0.1) is 5.41 Å². The van der Waals surface area contributed by atoms with Crippen LogP contribution in [-0.4, -0.2) is 31.9 Å². The number of hydrogen-bond donors (Lipinski definition) is 1. The van der Waals surface area contributed by atoms with Gasteiger partial charge in [0.1, 0.15) is 16.6 Å². The quantitative estimate of drug-likeness (QED) is 0.526. The minimum atomic E-state index is -0.529. The Hall–Kier alpha value is -3.20. The van der Waals surface area contributed by atoms with Gasteiger partial charge in [-0.1, -0.05) is 23.2 Å². The van der Waals surface area contributed by atoms with Gasteiger partial charge in [0.15, 0.2) is 5.84 Å². The van der Waals surface area contributed by atoms with Crippen molar-refractivity contribution >= 4 is 63.0 Å². The van der Waals surface area contributed by atoms with Crippen LogP contribution in [0.3, 0.4) is 0 Å². The summed E-state index contributed by atoms with van der Waals surface area (Å²) < 4.78 is 5.82. The fraction of sp³-hybridized carbons (Fsp3) is 0. The van der Waals surface area contributed by atoms with E-state index >= 15 is 0 Å².